The predicted molar refractivity (Wildman–Crippen MR) is 104 cm³/mol. The number of alkyl halides is 3. The van der Waals surface area contributed by atoms with Crippen molar-refractivity contribution < 1.29 is 26.1 Å². The van der Waals surface area contributed by atoms with Crippen LogP contribution in [0, 0.1) is 0 Å². The number of hydrogen-bond acceptors (Lipinski definition) is 5. The van der Waals surface area contributed by atoms with Crippen molar-refractivity contribution in [2.45, 2.75) is 43.8 Å². The van der Waals surface area contributed by atoms with Crippen LogP contribution in [0.25, 0.3) is 11.5 Å². The normalized spacial score (nSPS) is 12.9. The molecule has 3 aromatic rings. The molecule has 2 aromatic carbocycles. The summed E-state index contributed by atoms with van der Waals surface area (Å²) in [6.45, 7) is 5.21. The SMILES string of the molecule is CC(C)(C)NS(=O)(=O)c1cccc(-c2nc(Cc3ccc(C(F)(F)F)cc3)no2)c1. The minimum absolute atomic E-state index is 0.0532. The highest BCUT2D eigenvalue weighted by Crippen LogP contribution is 2.29. The van der Waals surface area contributed by atoms with E-state index in [1.807, 2.05) is 0 Å². The number of halogens is 3. The first-order chi connectivity index (χ1) is 13.8. The Morgan fingerprint density at radius 1 is 1.03 bits per heavy atom. The Kier molecular flexibility index (Phi) is 5.74. The summed E-state index contributed by atoms with van der Waals surface area (Å²) in [5.74, 6) is 0.385. The maximum atomic E-state index is 12.7. The summed E-state index contributed by atoms with van der Waals surface area (Å²) < 4.78 is 70.8. The Labute approximate surface area is 172 Å². The highest BCUT2D eigenvalue weighted by atomic mass is 32.2. The quantitative estimate of drug-likeness (QED) is 0.636. The molecule has 0 fully saturated rings. The van der Waals surface area contributed by atoms with Crippen molar-refractivity contribution in [2.24, 2.45) is 0 Å². The third kappa shape index (κ3) is 5.45. The summed E-state index contributed by atoms with van der Waals surface area (Å²) in [6.07, 6.45) is -4.23. The van der Waals surface area contributed by atoms with Gasteiger partial charge in [-0.2, -0.15) is 18.2 Å². The van der Waals surface area contributed by atoms with Gasteiger partial charge < -0.3 is 4.52 Å². The standard InChI is InChI=1S/C20H20F3N3O3S/c1-19(2,3)26-30(27,28)16-6-4-5-14(12-16)18-24-17(25-29-18)11-13-7-9-15(10-8-13)20(21,22)23/h4-10,12,26H,11H2,1-3H3. The molecule has 0 bridgehead atoms. The summed E-state index contributed by atoms with van der Waals surface area (Å²) in [7, 11) is -3.74. The van der Waals surface area contributed by atoms with Crippen LogP contribution >= 0.6 is 0 Å². The van der Waals surface area contributed by atoms with Gasteiger partial charge in [0.25, 0.3) is 5.89 Å². The van der Waals surface area contributed by atoms with Crippen LogP contribution in [0.5, 0.6) is 0 Å². The van der Waals surface area contributed by atoms with Gasteiger partial charge >= 0.3 is 6.18 Å². The maximum absolute atomic E-state index is 12.7. The van der Waals surface area contributed by atoms with Gasteiger partial charge in [0.15, 0.2) is 5.82 Å². The highest BCUT2D eigenvalue weighted by Gasteiger charge is 2.30. The van der Waals surface area contributed by atoms with Crippen LogP contribution in [-0.2, 0) is 22.6 Å². The average Bonchev–Trinajstić information content (AvgIpc) is 3.08. The lowest BCUT2D eigenvalue weighted by atomic mass is 10.1. The second kappa shape index (κ2) is 7.84. The first kappa shape index (κ1) is 22.0. The lowest BCUT2D eigenvalue weighted by molar-refractivity contribution is -0.137. The molecule has 0 aliphatic rings. The van der Waals surface area contributed by atoms with Crippen molar-refractivity contribution in [2.75, 3.05) is 0 Å². The second-order valence-corrected chi connectivity index (χ2v) is 9.45. The molecule has 0 unspecified atom stereocenters. The number of aromatic nitrogens is 2. The molecule has 10 heteroatoms. The van der Waals surface area contributed by atoms with E-state index < -0.39 is 27.3 Å². The molecule has 0 aliphatic carbocycles. The van der Waals surface area contributed by atoms with Crippen LogP contribution in [0.2, 0.25) is 0 Å². The van der Waals surface area contributed by atoms with Gasteiger partial charge in [0.05, 0.1) is 10.5 Å². The smallest absolute Gasteiger partial charge is 0.334 e. The lowest BCUT2D eigenvalue weighted by Crippen LogP contribution is -2.40. The van der Waals surface area contributed by atoms with Crippen molar-refractivity contribution in [3.05, 3.63) is 65.5 Å². The zero-order valence-electron chi connectivity index (χ0n) is 16.5. The maximum Gasteiger partial charge on any atom is 0.416 e. The zero-order valence-corrected chi connectivity index (χ0v) is 17.3. The molecule has 1 N–H and O–H groups in total. The first-order valence-corrected chi connectivity index (χ1v) is 10.4. The molecule has 0 aliphatic heterocycles. The Balaban J connectivity index is 1.80. The van der Waals surface area contributed by atoms with Crippen LogP contribution in [0.3, 0.4) is 0 Å². The number of sulfonamides is 1. The van der Waals surface area contributed by atoms with E-state index in [1.165, 1.54) is 24.3 Å². The van der Waals surface area contributed by atoms with Gasteiger partial charge in [-0.3, -0.25) is 0 Å². The van der Waals surface area contributed by atoms with Crippen molar-refractivity contribution in [1.82, 2.24) is 14.9 Å². The van der Waals surface area contributed by atoms with E-state index in [0.717, 1.165) is 12.1 Å². The third-order valence-corrected chi connectivity index (χ3v) is 5.70. The molecule has 30 heavy (non-hydrogen) atoms. The molecule has 0 spiro atoms. The Morgan fingerprint density at radius 3 is 2.30 bits per heavy atom. The van der Waals surface area contributed by atoms with E-state index in [2.05, 4.69) is 14.9 Å². The molecule has 0 atom stereocenters. The summed E-state index contributed by atoms with van der Waals surface area (Å²) in [5.41, 5.74) is -0.380. The fourth-order valence-electron chi connectivity index (χ4n) is 2.70. The fraction of sp³-hybridized carbons (Fsp3) is 0.300. The van der Waals surface area contributed by atoms with E-state index >= 15 is 0 Å². The number of hydrogen-bond donors (Lipinski definition) is 1. The van der Waals surface area contributed by atoms with Crippen LogP contribution < -0.4 is 4.72 Å². The van der Waals surface area contributed by atoms with Gasteiger partial charge in [-0.25, -0.2) is 13.1 Å². The van der Waals surface area contributed by atoms with Crippen molar-refractivity contribution >= 4 is 10.0 Å². The summed E-state index contributed by atoms with van der Waals surface area (Å²) in [5, 5.41) is 3.84. The van der Waals surface area contributed by atoms with Crippen molar-refractivity contribution in [3.8, 4) is 11.5 Å². The number of nitrogens with zero attached hydrogens (tertiary/aromatic N) is 2. The minimum atomic E-state index is -4.40. The summed E-state index contributed by atoms with van der Waals surface area (Å²) >= 11 is 0. The highest BCUT2D eigenvalue weighted by molar-refractivity contribution is 7.89. The van der Waals surface area contributed by atoms with Crippen LogP contribution in [0.4, 0.5) is 13.2 Å². The summed E-state index contributed by atoms with van der Waals surface area (Å²) in [6, 6.07) is 10.8. The summed E-state index contributed by atoms with van der Waals surface area (Å²) in [4.78, 5) is 4.28. The number of benzene rings is 2. The third-order valence-electron chi connectivity index (χ3n) is 3.94. The lowest BCUT2D eigenvalue weighted by Gasteiger charge is -2.20. The topological polar surface area (TPSA) is 85.1 Å². The van der Waals surface area contributed by atoms with E-state index in [9.17, 15) is 21.6 Å². The molecule has 6 nitrogen and oxygen atoms in total. The van der Waals surface area contributed by atoms with Crippen molar-refractivity contribution in [1.29, 1.82) is 0 Å². The molecule has 1 heterocycles. The molecule has 0 saturated carbocycles. The molecule has 0 amide bonds. The Bertz CT molecular complexity index is 1130. The van der Waals surface area contributed by atoms with E-state index in [-0.39, 0.29) is 23.0 Å². The van der Waals surface area contributed by atoms with E-state index in [1.54, 1.807) is 32.9 Å². The van der Waals surface area contributed by atoms with Gasteiger partial charge in [0.1, 0.15) is 0 Å². The van der Waals surface area contributed by atoms with Gasteiger partial charge in [0.2, 0.25) is 10.0 Å². The van der Waals surface area contributed by atoms with Gasteiger partial charge in [0, 0.05) is 17.5 Å². The minimum Gasteiger partial charge on any atom is -0.334 e. The Hall–Kier alpha value is -2.72. The van der Waals surface area contributed by atoms with Gasteiger partial charge in [-0.15, -0.1) is 0 Å². The molecule has 0 radical (unpaired) electrons. The molecule has 3 rings (SSSR count). The molecule has 0 saturated heterocycles. The van der Waals surface area contributed by atoms with Gasteiger partial charge in [-0.05, 0) is 56.7 Å². The van der Waals surface area contributed by atoms with Crippen LogP contribution in [-0.4, -0.2) is 24.1 Å². The van der Waals surface area contributed by atoms with Gasteiger partial charge in [-0.1, -0.05) is 23.4 Å². The number of nitrogens with one attached hydrogen (secondary N) is 1. The average molecular weight is 439 g/mol. The molecular formula is C20H20F3N3O3S. The van der Waals surface area contributed by atoms with Crippen LogP contribution in [0.1, 0.15) is 37.7 Å². The zero-order chi connectivity index (χ0) is 22.2. The van der Waals surface area contributed by atoms with Crippen molar-refractivity contribution in [3.63, 3.8) is 0 Å². The molecule has 1 aromatic heterocycles. The van der Waals surface area contributed by atoms with E-state index in [4.69, 9.17) is 4.52 Å². The number of rotatable bonds is 5. The first-order valence-electron chi connectivity index (χ1n) is 8.97. The second-order valence-electron chi connectivity index (χ2n) is 7.77. The molecular weight excluding hydrogens is 419 g/mol. The largest absolute Gasteiger partial charge is 0.416 e. The predicted octanol–water partition coefficient (Wildman–Crippen LogP) is 4.42. The molecule has 160 valence electrons. The Morgan fingerprint density at radius 2 is 1.70 bits per heavy atom. The van der Waals surface area contributed by atoms with E-state index in [0.29, 0.717) is 11.1 Å². The monoisotopic (exact) mass is 439 g/mol. The van der Waals surface area contributed by atoms with Crippen LogP contribution in [0.15, 0.2) is 57.9 Å². The fourth-order valence-corrected chi connectivity index (χ4v) is 4.16.